The van der Waals surface area contributed by atoms with Gasteiger partial charge in [0.05, 0.1) is 5.56 Å². The Morgan fingerprint density at radius 3 is 1.87 bits per heavy atom. The zero-order chi connectivity index (χ0) is 17.7. The summed E-state index contributed by atoms with van der Waals surface area (Å²) in [6.07, 6.45) is 3.06. The van der Waals surface area contributed by atoms with E-state index in [9.17, 15) is 13.2 Å². The van der Waals surface area contributed by atoms with Gasteiger partial charge in [0.2, 0.25) is 0 Å². The lowest BCUT2D eigenvalue weighted by Gasteiger charge is -2.18. The molecule has 0 heterocycles. The van der Waals surface area contributed by atoms with Gasteiger partial charge in [-0.05, 0) is 24.2 Å². The molecule has 0 spiro atoms. The minimum absolute atomic E-state index is 0.604. The van der Waals surface area contributed by atoms with Crippen molar-refractivity contribution in [1.29, 1.82) is 0 Å². The Balaban J connectivity index is 0.000000688. The van der Waals surface area contributed by atoms with E-state index in [0.717, 1.165) is 30.8 Å². The highest BCUT2D eigenvalue weighted by Crippen LogP contribution is 2.29. The largest absolute Gasteiger partial charge is 0.416 e. The van der Waals surface area contributed by atoms with Gasteiger partial charge in [-0.2, -0.15) is 13.2 Å². The minimum atomic E-state index is -4.26. The lowest BCUT2D eigenvalue weighted by Crippen LogP contribution is -2.22. The molecule has 0 radical (unpaired) electrons. The van der Waals surface area contributed by atoms with Gasteiger partial charge >= 0.3 is 6.18 Å². The summed E-state index contributed by atoms with van der Waals surface area (Å²) in [5, 5.41) is 0. The van der Waals surface area contributed by atoms with E-state index in [1.54, 1.807) is 6.08 Å². The van der Waals surface area contributed by atoms with E-state index in [1.807, 2.05) is 6.92 Å². The van der Waals surface area contributed by atoms with Crippen molar-refractivity contribution in [2.75, 3.05) is 13.1 Å². The van der Waals surface area contributed by atoms with Crippen LogP contribution in [0, 0.1) is 0 Å². The third kappa shape index (κ3) is 10.2. The molecule has 132 valence electrons. The molecule has 0 aliphatic heterocycles. The standard InChI is InChI=1S/C13H16F3N.C6H14/c1-3-9-17(4-2)10-11-5-7-12(8-6-11)13(14,15)16;1-3-5-6-4-2/h3,5-8H,1,4,9-10H2,2H3;3-6H2,1-2H3. The van der Waals surface area contributed by atoms with Gasteiger partial charge in [-0.15, -0.1) is 6.58 Å². The van der Waals surface area contributed by atoms with Crippen molar-refractivity contribution >= 4 is 0 Å². The summed E-state index contributed by atoms with van der Waals surface area (Å²) in [5.41, 5.74) is 0.273. The molecule has 0 fully saturated rings. The Labute approximate surface area is 139 Å². The predicted molar refractivity (Wildman–Crippen MR) is 92.4 cm³/mol. The fraction of sp³-hybridized carbons (Fsp3) is 0.579. The monoisotopic (exact) mass is 329 g/mol. The van der Waals surface area contributed by atoms with Gasteiger partial charge in [0, 0.05) is 13.1 Å². The molecular weight excluding hydrogens is 299 g/mol. The first-order valence-corrected chi connectivity index (χ1v) is 8.38. The number of alkyl halides is 3. The Morgan fingerprint density at radius 1 is 1.00 bits per heavy atom. The van der Waals surface area contributed by atoms with Crippen LogP contribution >= 0.6 is 0 Å². The molecule has 1 aromatic carbocycles. The topological polar surface area (TPSA) is 3.24 Å². The number of rotatable bonds is 8. The number of benzene rings is 1. The van der Waals surface area contributed by atoms with Gasteiger partial charge in [-0.1, -0.05) is 64.7 Å². The molecule has 0 unspecified atom stereocenters. The van der Waals surface area contributed by atoms with Crippen molar-refractivity contribution in [3.05, 3.63) is 48.0 Å². The highest BCUT2D eigenvalue weighted by molar-refractivity contribution is 5.24. The van der Waals surface area contributed by atoms with Crippen LogP contribution in [0.25, 0.3) is 0 Å². The van der Waals surface area contributed by atoms with E-state index < -0.39 is 11.7 Å². The number of likely N-dealkylation sites (N-methyl/N-ethyl adjacent to an activating group) is 1. The molecule has 0 N–H and O–H groups in total. The molecule has 0 saturated heterocycles. The van der Waals surface area contributed by atoms with Crippen LogP contribution in [0.15, 0.2) is 36.9 Å². The molecule has 0 aromatic heterocycles. The van der Waals surface area contributed by atoms with Crippen molar-refractivity contribution < 1.29 is 13.2 Å². The molecule has 0 atom stereocenters. The first-order valence-electron chi connectivity index (χ1n) is 8.38. The normalized spacial score (nSPS) is 11.1. The molecule has 1 aromatic rings. The predicted octanol–water partition coefficient (Wildman–Crippen LogP) is 6.30. The molecule has 0 bridgehead atoms. The van der Waals surface area contributed by atoms with Crippen molar-refractivity contribution in [2.24, 2.45) is 0 Å². The van der Waals surface area contributed by atoms with Crippen LogP contribution in [-0.4, -0.2) is 18.0 Å². The SMILES string of the molecule is C=CCN(CC)Cc1ccc(C(F)(F)F)cc1.CCCCCC. The summed E-state index contributed by atoms with van der Waals surface area (Å²) in [6.45, 7) is 12.3. The van der Waals surface area contributed by atoms with E-state index in [1.165, 1.54) is 37.8 Å². The summed E-state index contributed by atoms with van der Waals surface area (Å²) >= 11 is 0. The highest BCUT2D eigenvalue weighted by atomic mass is 19.4. The van der Waals surface area contributed by atoms with Gasteiger partial charge in [0.25, 0.3) is 0 Å². The van der Waals surface area contributed by atoms with Crippen LogP contribution in [0.2, 0.25) is 0 Å². The molecular formula is C19H30F3N. The first kappa shape index (κ1) is 21.7. The fourth-order valence-corrected chi connectivity index (χ4v) is 2.05. The van der Waals surface area contributed by atoms with Gasteiger partial charge < -0.3 is 0 Å². The summed E-state index contributed by atoms with van der Waals surface area (Å²) in [6, 6.07) is 5.29. The number of nitrogens with zero attached hydrogens (tertiary/aromatic N) is 1. The molecule has 4 heteroatoms. The highest BCUT2D eigenvalue weighted by Gasteiger charge is 2.29. The second-order valence-corrected chi connectivity index (χ2v) is 5.52. The van der Waals surface area contributed by atoms with Crippen LogP contribution in [0.4, 0.5) is 13.2 Å². The fourth-order valence-electron chi connectivity index (χ4n) is 2.05. The van der Waals surface area contributed by atoms with E-state index in [0.29, 0.717) is 6.54 Å². The third-order valence-corrected chi connectivity index (χ3v) is 3.48. The van der Waals surface area contributed by atoms with Crippen LogP contribution < -0.4 is 0 Å². The van der Waals surface area contributed by atoms with Crippen LogP contribution in [0.1, 0.15) is 57.6 Å². The Hall–Kier alpha value is -1.29. The average molecular weight is 329 g/mol. The zero-order valence-corrected chi connectivity index (χ0v) is 14.6. The summed E-state index contributed by atoms with van der Waals surface area (Å²) in [5.74, 6) is 0. The maximum atomic E-state index is 12.3. The van der Waals surface area contributed by atoms with Crippen molar-refractivity contribution in [3.8, 4) is 0 Å². The number of hydrogen-bond donors (Lipinski definition) is 0. The van der Waals surface area contributed by atoms with E-state index in [-0.39, 0.29) is 0 Å². The number of hydrogen-bond acceptors (Lipinski definition) is 1. The second-order valence-electron chi connectivity index (χ2n) is 5.52. The summed E-state index contributed by atoms with van der Waals surface area (Å²) in [7, 11) is 0. The van der Waals surface area contributed by atoms with Crippen LogP contribution in [-0.2, 0) is 12.7 Å². The third-order valence-electron chi connectivity index (χ3n) is 3.48. The van der Waals surface area contributed by atoms with Gasteiger partial charge in [0.15, 0.2) is 0 Å². The molecule has 1 rings (SSSR count). The maximum absolute atomic E-state index is 12.3. The van der Waals surface area contributed by atoms with Crippen LogP contribution in [0.5, 0.6) is 0 Å². The molecule has 0 saturated carbocycles. The van der Waals surface area contributed by atoms with E-state index >= 15 is 0 Å². The van der Waals surface area contributed by atoms with Gasteiger partial charge in [-0.25, -0.2) is 0 Å². The molecule has 0 aliphatic carbocycles. The van der Waals surface area contributed by atoms with Crippen LogP contribution in [0.3, 0.4) is 0 Å². The maximum Gasteiger partial charge on any atom is 0.416 e. The van der Waals surface area contributed by atoms with E-state index in [4.69, 9.17) is 0 Å². The van der Waals surface area contributed by atoms with Crippen molar-refractivity contribution in [2.45, 2.75) is 59.2 Å². The number of unbranched alkanes of at least 4 members (excludes halogenated alkanes) is 3. The first-order chi connectivity index (χ1) is 10.9. The molecule has 1 nitrogen and oxygen atoms in total. The lowest BCUT2D eigenvalue weighted by molar-refractivity contribution is -0.137. The average Bonchev–Trinajstić information content (AvgIpc) is 2.52. The second kappa shape index (κ2) is 12.2. The van der Waals surface area contributed by atoms with Crippen molar-refractivity contribution in [3.63, 3.8) is 0 Å². The quantitative estimate of drug-likeness (QED) is 0.399. The lowest BCUT2D eigenvalue weighted by atomic mass is 10.1. The Bertz CT molecular complexity index is 406. The molecule has 0 aliphatic rings. The van der Waals surface area contributed by atoms with E-state index in [2.05, 4.69) is 25.3 Å². The summed E-state index contributed by atoms with van der Waals surface area (Å²) < 4.78 is 37.0. The molecule has 0 amide bonds. The molecule has 23 heavy (non-hydrogen) atoms. The summed E-state index contributed by atoms with van der Waals surface area (Å²) in [4.78, 5) is 2.09. The van der Waals surface area contributed by atoms with Gasteiger partial charge in [0.1, 0.15) is 0 Å². The number of halogens is 3. The zero-order valence-electron chi connectivity index (χ0n) is 14.6. The Morgan fingerprint density at radius 2 is 1.52 bits per heavy atom. The minimum Gasteiger partial charge on any atom is -0.296 e. The van der Waals surface area contributed by atoms with Gasteiger partial charge in [-0.3, -0.25) is 4.90 Å². The smallest absolute Gasteiger partial charge is 0.296 e. The van der Waals surface area contributed by atoms with Crippen molar-refractivity contribution in [1.82, 2.24) is 4.90 Å². The Kier molecular flexibility index (Phi) is 11.5.